The lowest BCUT2D eigenvalue weighted by Gasteiger charge is -2.35. The Labute approximate surface area is 601 Å². The van der Waals surface area contributed by atoms with Crippen LogP contribution < -0.4 is 48.7 Å². The number of rotatable bonds is 20. The van der Waals surface area contributed by atoms with E-state index in [1.54, 1.807) is 11.5 Å². The van der Waals surface area contributed by atoms with Crippen LogP contribution in [0, 0.1) is 3.57 Å². The van der Waals surface area contributed by atoms with Crippen molar-refractivity contribution in [2.75, 3.05) is 50.2 Å². The van der Waals surface area contributed by atoms with E-state index in [2.05, 4.69) is 70.7 Å². The van der Waals surface area contributed by atoms with Crippen LogP contribution in [0.1, 0.15) is 75.6 Å². The summed E-state index contributed by atoms with van der Waals surface area (Å²) in [7, 11) is -19.7. The van der Waals surface area contributed by atoms with Crippen molar-refractivity contribution in [2.45, 2.75) is 180 Å². The summed E-state index contributed by atoms with van der Waals surface area (Å²) in [6.07, 6.45) is -16.7. The Balaban J connectivity index is 0.000000466. The van der Waals surface area contributed by atoms with Crippen molar-refractivity contribution in [1.29, 1.82) is 0 Å². The SMILES string of the molecule is C.C.C.C=C1N=C(NC(C)=O)[N+](CC)=CN1[C@@H]1O[C@H](COP(=O)(O)O)[C@@H](O)[C@H]1O.CC(C)(C)[Si](C)(C)OC[n+]1cn([C@@H]2O[C@H](COP(=O)(O)O)[C@@H](O)[C@H]2O)c(=O)nc1N.C[n+]1cn([C@@H]2O[C@H](COP(=O)(O)O)[C@@H](O)[C@H]2O)c(=O)nc1N.Nc1nc(=O)n([C@@H]2O[C@H](COP(=O)(O)O)[C@@H](O)[C@H]2O)cc1I. The number of ether oxygens (including phenoxy) is 4. The van der Waals surface area contributed by atoms with Crippen LogP contribution in [0.3, 0.4) is 0 Å². The van der Waals surface area contributed by atoms with Gasteiger partial charge in [0.15, 0.2) is 46.5 Å². The van der Waals surface area contributed by atoms with Crippen LogP contribution in [0.4, 0.5) is 17.7 Å². The molecule has 48 nitrogen and oxygen atoms in total. The van der Waals surface area contributed by atoms with Crippen molar-refractivity contribution in [2.24, 2.45) is 12.0 Å². The molecule has 5 aliphatic rings. The number of phosphoric ester groups is 4. The molecule has 0 unspecified atom stereocenters. The van der Waals surface area contributed by atoms with Crippen molar-refractivity contribution in [3.8, 4) is 0 Å². The van der Waals surface area contributed by atoms with Crippen LogP contribution in [0.2, 0.25) is 18.1 Å². The molecule has 4 fully saturated rings. The fourth-order valence-electron chi connectivity index (χ4n) is 8.83. The smallest absolute Gasteiger partial charge is 0.391 e. The van der Waals surface area contributed by atoms with Crippen molar-refractivity contribution < 1.29 is 158 Å². The fourth-order valence-corrected chi connectivity index (χ4v) is 11.5. The van der Waals surface area contributed by atoms with E-state index in [0.29, 0.717) is 10.1 Å². The number of carbonyl (C=O) groups excluding carboxylic acids is 1. The van der Waals surface area contributed by atoms with Gasteiger partial charge in [-0.1, -0.05) is 48.0 Å². The third-order valence-electron chi connectivity index (χ3n) is 15.2. The van der Waals surface area contributed by atoms with Crippen molar-refractivity contribution in [3.63, 3.8) is 0 Å². The predicted octanol–water partition coefficient (Wildman–Crippen LogP) is -6.85. The number of aliphatic hydroxyl groups excluding tert-OH is 8. The van der Waals surface area contributed by atoms with Crippen molar-refractivity contribution in [3.05, 3.63) is 66.3 Å². The first-order valence-corrected chi connectivity index (χ1v) is 38.9. The highest BCUT2D eigenvalue weighted by Gasteiger charge is 2.52. The van der Waals surface area contributed by atoms with Gasteiger partial charge in [0.05, 0.1) is 43.6 Å². The number of aliphatic imine (C=N–C) groups is 1. The van der Waals surface area contributed by atoms with Gasteiger partial charge in [-0.25, -0.2) is 56.6 Å². The second-order valence-corrected chi connectivity index (χ2v) is 34.4. The predicted molar refractivity (Wildman–Crippen MR) is 361 cm³/mol. The lowest BCUT2D eigenvalue weighted by molar-refractivity contribution is -0.720. The van der Waals surface area contributed by atoms with E-state index in [9.17, 15) is 78.3 Å². The number of aromatic nitrogens is 8. The molecule has 5 aliphatic heterocycles. The van der Waals surface area contributed by atoms with Gasteiger partial charge in [0.2, 0.25) is 18.3 Å². The van der Waals surface area contributed by atoms with Gasteiger partial charge < -0.3 is 121 Å². The number of hydrogen-bond donors (Lipinski definition) is 20. The highest BCUT2D eigenvalue weighted by Crippen LogP contribution is 2.42. The molecule has 3 aromatic heterocycles. The zero-order valence-corrected chi connectivity index (χ0v) is 60.6. The van der Waals surface area contributed by atoms with Crippen LogP contribution in [0.15, 0.2) is 50.6 Å². The standard InChI is InChI=1S/C15H29N4O9PSi.C13H21N4O8P.C9H13IN3O8P.C9H15N4O8P.3CH4/c1-15(2,3)30(4,5)27-8-18-7-19(14(22)17-13(18)16)12-11(21)10(20)9(28-12)6-26-29(23,24)25;1-4-16-6-17(7(2)14-13(16)15-8(3)18)12-11(20)10(19)9(25-12)5-24-26(21,22)23;10-3-1-13(9(16)12-7(3)11)8-6(15)5(14)4(21-8)2-20-22(17,18)19;1-12-3-13(9(16)11-8(12)10)7-6(15)5(14)4(21-7)2-20-22(17,18)19;;;/h7,9-12,20-21H,6,8H2,1-5H3,(H3-,16,17,22,23,24,25);6,9-12,19-20H,2,4-5H2,1,3H3,(H2-,14,15,18,21,22,23);1,4-6,8,14-15H,2H2,(H2,11,12,16)(H2,17,18,19);3-7,14-15H,2H2,1H3,(H3-,10,11,16,17,18,19);3*1H4/p+3/t2*9-,10-,11-,12-;4-,5-,6-,8-;4-,5-,6-,7-;;;/m1111.../s1. The molecule has 8 heterocycles. The number of aliphatic hydroxyl groups is 8. The zero-order valence-electron chi connectivity index (χ0n) is 53.9. The number of nitrogens with one attached hydrogen (secondary N) is 1. The Hall–Kier alpha value is -4.88. The Morgan fingerprint density at radius 3 is 1.34 bits per heavy atom. The minimum atomic E-state index is -4.81. The van der Waals surface area contributed by atoms with Crippen LogP contribution in [0.25, 0.3) is 0 Å². The minimum absolute atomic E-state index is 0. The number of aryl methyl sites for hydroxylation is 1. The minimum Gasteiger partial charge on any atom is -0.391 e. The average molecular weight is 1700 g/mol. The number of nitrogens with zero attached hydrogens (tertiary/aromatic N) is 11. The lowest BCUT2D eigenvalue weighted by atomic mass is 10.1. The molecule has 0 aliphatic carbocycles. The van der Waals surface area contributed by atoms with Gasteiger partial charge in [-0.05, 0) is 64.2 Å². The number of hydrogen-bond acceptors (Lipinski definition) is 33. The summed E-state index contributed by atoms with van der Waals surface area (Å²) in [5, 5.41) is 82.7. The van der Waals surface area contributed by atoms with Gasteiger partial charge in [0, 0.05) is 13.1 Å². The maximum Gasteiger partial charge on any atom is 0.469 e. The van der Waals surface area contributed by atoms with Crippen molar-refractivity contribution in [1.82, 2.24) is 38.9 Å². The summed E-state index contributed by atoms with van der Waals surface area (Å²) in [4.78, 5) is 133. The summed E-state index contributed by atoms with van der Waals surface area (Å²) in [6, 6.07) is 0. The Kier molecular flexibility index (Phi) is 34.5. The van der Waals surface area contributed by atoms with Gasteiger partial charge in [-0.3, -0.25) is 27.5 Å². The Morgan fingerprint density at radius 2 is 0.971 bits per heavy atom. The third-order valence-corrected chi connectivity index (χ3v) is 22.4. The number of nitrogen functional groups attached to an aromatic ring is 3. The quantitative estimate of drug-likeness (QED) is 0.0216. The molecule has 103 heavy (non-hydrogen) atoms. The number of nitrogens with two attached hydrogens (primary N) is 3. The first-order chi connectivity index (χ1) is 45.8. The fraction of sp³-hybridized carbons (Fsp3) is 0.694. The Bertz CT molecular complexity index is 3740. The molecule has 16 atom stereocenters. The summed E-state index contributed by atoms with van der Waals surface area (Å²) >= 11 is 1.82. The average Bonchev–Trinajstić information content (AvgIpc) is 1.69. The second kappa shape index (κ2) is 37.8. The highest BCUT2D eigenvalue weighted by molar-refractivity contribution is 14.1. The first-order valence-electron chi connectivity index (χ1n) is 28.8. The van der Waals surface area contributed by atoms with Gasteiger partial charge >= 0.3 is 66.2 Å². The second-order valence-electron chi connectivity index (χ2n) is 23.5. The molecule has 23 N–H and O–H groups in total. The summed E-state index contributed by atoms with van der Waals surface area (Å²) in [6.45, 7) is 15.0. The monoisotopic (exact) mass is 1700 g/mol. The largest absolute Gasteiger partial charge is 0.469 e. The summed E-state index contributed by atoms with van der Waals surface area (Å²) in [5.41, 5.74) is 14.3. The molecule has 54 heteroatoms. The third kappa shape index (κ3) is 25.9. The van der Waals surface area contributed by atoms with Gasteiger partial charge in [0.25, 0.3) is 5.91 Å². The molecule has 0 spiro atoms. The van der Waals surface area contributed by atoms with Crippen LogP contribution in [0.5, 0.6) is 0 Å². The number of anilines is 3. The van der Waals surface area contributed by atoms with E-state index in [-0.39, 0.29) is 69.5 Å². The van der Waals surface area contributed by atoms with E-state index in [1.165, 1.54) is 53.2 Å². The Morgan fingerprint density at radius 1 is 0.621 bits per heavy atom. The molecular formula is C49H93IN15O33P4Si+3. The van der Waals surface area contributed by atoms with Crippen LogP contribution >= 0.6 is 53.9 Å². The topological polar surface area (TPSA) is 713 Å². The molecule has 0 radical (unpaired) electrons. The number of halogens is 1. The van der Waals surface area contributed by atoms with Crippen molar-refractivity contribution >= 4 is 98.1 Å². The molecule has 4 saturated heterocycles. The summed E-state index contributed by atoms with van der Waals surface area (Å²) < 4.78 is 95.0. The number of guanidine groups is 1. The van der Waals surface area contributed by atoms with E-state index in [1.807, 2.05) is 35.7 Å². The molecule has 0 saturated carbocycles. The van der Waals surface area contributed by atoms with E-state index in [4.69, 9.17) is 79.7 Å². The molecule has 1 amide bonds. The van der Waals surface area contributed by atoms with E-state index >= 15 is 0 Å². The molecule has 0 aromatic carbocycles. The van der Waals surface area contributed by atoms with Gasteiger partial charge in [-0.2, -0.15) is 14.1 Å². The highest BCUT2D eigenvalue weighted by atomic mass is 127. The van der Waals surface area contributed by atoms with Gasteiger partial charge in [0.1, 0.15) is 79.1 Å². The number of phosphoric acid groups is 4. The summed E-state index contributed by atoms with van der Waals surface area (Å²) in [5.74, 6) is -0.0997. The lowest BCUT2D eigenvalue weighted by Crippen LogP contribution is -2.51. The van der Waals surface area contributed by atoms with E-state index in [0.717, 1.165) is 13.7 Å². The molecule has 590 valence electrons. The number of carbonyl (C=O) groups is 1. The maximum atomic E-state index is 12.3. The van der Waals surface area contributed by atoms with Crippen LogP contribution in [-0.2, 0) is 78.3 Å². The van der Waals surface area contributed by atoms with Crippen LogP contribution in [-0.4, -0.2) is 257 Å². The first kappa shape index (κ1) is 94.2. The number of amides is 1. The molecule has 0 bridgehead atoms. The normalized spacial score (nSPS) is 27.3. The zero-order chi connectivity index (χ0) is 76.0. The van der Waals surface area contributed by atoms with Gasteiger partial charge in [-0.15, -0.1) is 0 Å². The molecule has 8 rings (SSSR count). The molecule has 3 aromatic rings. The van der Waals surface area contributed by atoms with E-state index < -0.39 is 181 Å². The maximum absolute atomic E-state index is 12.3. The molecular weight excluding hydrogens is 1610 g/mol.